The number of ether oxygens (including phenoxy) is 2. The molecule has 0 spiro atoms. The molecule has 1 aromatic carbocycles. The molecule has 28 heavy (non-hydrogen) atoms. The van der Waals surface area contributed by atoms with Crippen LogP contribution in [0.1, 0.15) is 63.9 Å². The summed E-state index contributed by atoms with van der Waals surface area (Å²) in [6.07, 6.45) is 8.55. The predicted octanol–water partition coefficient (Wildman–Crippen LogP) is 4.40. The van der Waals surface area contributed by atoms with E-state index in [-0.39, 0.29) is 37.3 Å². The second kappa shape index (κ2) is 14.5. The summed E-state index contributed by atoms with van der Waals surface area (Å²) in [5.41, 5.74) is 0.976. The molecule has 0 heterocycles. The van der Waals surface area contributed by atoms with Crippen molar-refractivity contribution in [3.8, 4) is 0 Å². The molecule has 0 unspecified atom stereocenters. The molecule has 0 radical (unpaired) electrons. The highest BCUT2D eigenvalue weighted by molar-refractivity contribution is 7.86. The minimum Gasteiger partial charge on any atom is -0.463 e. The number of aryl methyl sites for hydroxylation is 1. The van der Waals surface area contributed by atoms with Crippen LogP contribution in [-0.4, -0.2) is 40.8 Å². The Morgan fingerprint density at radius 2 is 1.46 bits per heavy atom. The number of benzene rings is 1. The van der Waals surface area contributed by atoms with E-state index >= 15 is 0 Å². The fourth-order valence-corrected chi connectivity index (χ4v) is 3.48. The summed E-state index contributed by atoms with van der Waals surface area (Å²) in [5.74, 6) is -0.213. The molecule has 0 saturated heterocycles. The largest absolute Gasteiger partial charge is 0.463 e. The lowest BCUT2D eigenvalue weighted by molar-refractivity contribution is -0.145. The van der Waals surface area contributed by atoms with Crippen molar-refractivity contribution in [1.29, 1.82) is 0 Å². The summed E-state index contributed by atoms with van der Waals surface area (Å²) in [5, 5.41) is 0. The van der Waals surface area contributed by atoms with Crippen molar-refractivity contribution in [3.05, 3.63) is 29.8 Å². The molecule has 0 bridgehead atoms. The maximum Gasteiger partial charge on any atom is 0.305 e. The molecule has 7 heteroatoms. The van der Waals surface area contributed by atoms with Crippen molar-refractivity contribution in [1.82, 2.24) is 0 Å². The van der Waals surface area contributed by atoms with E-state index in [1.807, 2.05) is 6.92 Å². The molecule has 6 nitrogen and oxygen atoms in total. The molecule has 0 aliphatic carbocycles. The van der Waals surface area contributed by atoms with Gasteiger partial charge in [-0.3, -0.25) is 8.98 Å². The van der Waals surface area contributed by atoms with Crippen LogP contribution in [0.5, 0.6) is 0 Å². The van der Waals surface area contributed by atoms with E-state index in [1.165, 1.54) is 44.2 Å². The number of carbonyl (C=O) groups is 1. The SMILES string of the molecule is CCCCCCCCCC(=O)OCCOCCOS(=O)(=O)c1ccc(C)cc1. The Morgan fingerprint density at radius 1 is 0.857 bits per heavy atom. The van der Waals surface area contributed by atoms with Crippen LogP contribution < -0.4 is 0 Å². The molecule has 0 fully saturated rings. The number of rotatable bonds is 16. The van der Waals surface area contributed by atoms with E-state index in [1.54, 1.807) is 12.1 Å². The monoisotopic (exact) mass is 414 g/mol. The summed E-state index contributed by atoms with van der Waals surface area (Å²) in [4.78, 5) is 11.7. The van der Waals surface area contributed by atoms with Gasteiger partial charge < -0.3 is 9.47 Å². The number of esters is 1. The van der Waals surface area contributed by atoms with Gasteiger partial charge in [0.1, 0.15) is 6.61 Å². The Kier molecular flexibility index (Phi) is 12.8. The first-order chi connectivity index (χ1) is 13.5. The lowest BCUT2D eigenvalue weighted by atomic mass is 10.1. The van der Waals surface area contributed by atoms with E-state index in [4.69, 9.17) is 13.7 Å². The highest BCUT2D eigenvalue weighted by Gasteiger charge is 2.14. The Bertz CT molecular complexity index is 639. The van der Waals surface area contributed by atoms with Gasteiger partial charge in [0.25, 0.3) is 10.1 Å². The van der Waals surface area contributed by atoms with Crippen molar-refractivity contribution >= 4 is 16.1 Å². The van der Waals surface area contributed by atoms with Crippen molar-refractivity contribution in [2.24, 2.45) is 0 Å². The first-order valence-electron chi connectivity index (χ1n) is 10.1. The zero-order chi connectivity index (χ0) is 20.7. The Balaban J connectivity index is 1.99. The summed E-state index contributed by atoms with van der Waals surface area (Å²) in [6.45, 7) is 4.49. The van der Waals surface area contributed by atoms with Crippen molar-refractivity contribution in [2.75, 3.05) is 26.4 Å². The van der Waals surface area contributed by atoms with E-state index in [2.05, 4.69) is 6.92 Å². The summed E-state index contributed by atoms with van der Waals surface area (Å²) in [6, 6.07) is 6.45. The average molecular weight is 415 g/mol. The van der Waals surface area contributed by atoms with Crippen molar-refractivity contribution in [2.45, 2.75) is 70.1 Å². The van der Waals surface area contributed by atoms with Gasteiger partial charge in [-0.2, -0.15) is 8.42 Å². The van der Waals surface area contributed by atoms with Crippen LogP contribution in [0.15, 0.2) is 29.2 Å². The van der Waals surface area contributed by atoms with Gasteiger partial charge in [0, 0.05) is 6.42 Å². The molecule has 0 aliphatic rings. The Hall–Kier alpha value is -1.44. The van der Waals surface area contributed by atoms with Crippen LogP contribution in [0.3, 0.4) is 0 Å². The molecule has 0 aromatic heterocycles. The van der Waals surface area contributed by atoms with E-state index in [0.29, 0.717) is 6.42 Å². The van der Waals surface area contributed by atoms with E-state index < -0.39 is 10.1 Å². The first-order valence-corrected chi connectivity index (χ1v) is 11.6. The maximum absolute atomic E-state index is 12.0. The fraction of sp³-hybridized carbons (Fsp3) is 0.667. The van der Waals surface area contributed by atoms with Crippen LogP contribution in [0.25, 0.3) is 0 Å². The van der Waals surface area contributed by atoms with Gasteiger partial charge in [0.2, 0.25) is 0 Å². The fourth-order valence-electron chi connectivity index (χ4n) is 2.59. The summed E-state index contributed by atoms with van der Waals surface area (Å²) >= 11 is 0. The molecule has 0 amide bonds. The number of hydrogen-bond acceptors (Lipinski definition) is 6. The smallest absolute Gasteiger partial charge is 0.305 e. The topological polar surface area (TPSA) is 78.9 Å². The maximum atomic E-state index is 12.0. The highest BCUT2D eigenvalue weighted by Crippen LogP contribution is 2.13. The van der Waals surface area contributed by atoms with Gasteiger partial charge in [-0.1, -0.05) is 63.1 Å². The van der Waals surface area contributed by atoms with Crippen LogP contribution in [0.4, 0.5) is 0 Å². The van der Waals surface area contributed by atoms with Gasteiger partial charge >= 0.3 is 5.97 Å². The molecular weight excluding hydrogens is 380 g/mol. The number of hydrogen-bond donors (Lipinski definition) is 0. The molecule has 0 atom stereocenters. The molecule has 0 saturated carbocycles. The minimum absolute atomic E-state index is 0.0812. The summed E-state index contributed by atoms with van der Waals surface area (Å²) in [7, 11) is -3.77. The molecule has 160 valence electrons. The third kappa shape index (κ3) is 11.4. The van der Waals surface area contributed by atoms with Gasteiger partial charge in [-0.05, 0) is 25.5 Å². The lowest BCUT2D eigenvalue weighted by Crippen LogP contribution is -2.15. The van der Waals surface area contributed by atoms with Crippen LogP contribution >= 0.6 is 0 Å². The highest BCUT2D eigenvalue weighted by atomic mass is 32.2. The van der Waals surface area contributed by atoms with E-state index in [9.17, 15) is 13.2 Å². The normalized spacial score (nSPS) is 11.5. The van der Waals surface area contributed by atoms with Crippen LogP contribution in [0, 0.1) is 6.92 Å². The molecule has 0 aliphatic heterocycles. The molecular formula is C21H34O6S. The zero-order valence-electron chi connectivity index (χ0n) is 17.2. The van der Waals surface area contributed by atoms with Crippen LogP contribution in [0.2, 0.25) is 0 Å². The number of unbranched alkanes of at least 4 members (excludes halogenated alkanes) is 6. The first kappa shape index (κ1) is 24.6. The van der Waals surface area contributed by atoms with E-state index in [0.717, 1.165) is 18.4 Å². The number of carbonyl (C=O) groups excluding carboxylic acids is 1. The predicted molar refractivity (Wildman–Crippen MR) is 109 cm³/mol. The van der Waals surface area contributed by atoms with Gasteiger partial charge in [0.15, 0.2) is 0 Å². The Morgan fingerprint density at radius 3 is 2.14 bits per heavy atom. The summed E-state index contributed by atoms with van der Waals surface area (Å²) < 4.78 is 39.2. The second-order valence-corrected chi connectivity index (χ2v) is 8.41. The molecule has 1 aromatic rings. The third-order valence-electron chi connectivity index (χ3n) is 4.25. The molecule has 0 N–H and O–H groups in total. The van der Waals surface area contributed by atoms with Gasteiger partial charge in [0.05, 0.1) is 24.7 Å². The average Bonchev–Trinajstić information content (AvgIpc) is 2.67. The van der Waals surface area contributed by atoms with Crippen molar-refractivity contribution < 1.29 is 26.9 Å². The molecule has 1 rings (SSSR count). The second-order valence-electron chi connectivity index (χ2n) is 6.79. The minimum atomic E-state index is -3.77. The van der Waals surface area contributed by atoms with Crippen molar-refractivity contribution in [3.63, 3.8) is 0 Å². The van der Waals surface area contributed by atoms with Gasteiger partial charge in [-0.15, -0.1) is 0 Å². The van der Waals surface area contributed by atoms with Crippen LogP contribution in [-0.2, 0) is 28.6 Å². The van der Waals surface area contributed by atoms with Gasteiger partial charge in [-0.25, -0.2) is 0 Å². The standard InChI is InChI=1S/C21H34O6S/c1-3-4-5-6-7-8-9-10-21(22)26-17-15-25-16-18-27-28(23,24)20-13-11-19(2)12-14-20/h11-14H,3-10,15-18H2,1-2H3. The zero-order valence-corrected chi connectivity index (χ0v) is 18.0. The quantitative estimate of drug-likeness (QED) is 0.227. The Labute approximate surface area is 169 Å². The lowest BCUT2D eigenvalue weighted by Gasteiger charge is -2.08. The third-order valence-corrected chi connectivity index (χ3v) is 5.58.